The van der Waals surface area contributed by atoms with Gasteiger partial charge in [-0.15, -0.1) is 0 Å². The van der Waals surface area contributed by atoms with E-state index in [1.165, 1.54) is 77.4 Å². The number of hydrogen-bond donors (Lipinski definition) is 1. The van der Waals surface area contributed by atoms with Crippen molar-refractivity contribution in [3.63, 3.8) is 0 Å². The number of hydrogen-bond acceptors (Lipinski definition) is 3. The lowest BCUT2D eigenvalue weighted by Gasteiger charge is -2.27. The van der Waals surface area contributed by atoms with E-state index in [0.29, 0.717) is 6.26 Å². The number of unbranched alkanes of at least 4 members (excludes halogenated alkanes) is 6. The molecule has 128 valence electrons. The van der Waals surface area contributed by atoms with Crippen molar-refractivity contribution in [3.8, 4) is 0 Å². The zero-order valence-electron chi connectivity index (χ0n) is 14.2. The molecule has 1 heterocycles. The van der Waals surface area contributed by atoms with Crippen LogP contribution in [0.25, 0.3) is 0 Å². The molecule has 0 radical (unpaired) electrons. The largest absolute Gasteiger partial charge is 0.748 e. The molecule has 1 aliphatic rings. The molecule has 1 saturated heterocycles. The monoisotopic (exact) mass is 321 g/mol. The molecule has 1 fully saturated rings. The lowest BCUT2D eigenvalue weighted by molar-refractivity contribution is -0.908. The first kappa shape index (κ1) is 20.9. The highest BCUT2D eigenvalue weighted by molar-refractivity contribution is 7.84. The quantitative estimate of drug-likeness (QED) is 0.551. The van der Waals surface area contributed by atoms with Crippen LogP contribution in [0, 0.1) is 5.92 Å². The number of quaternary nitrogens is 1. The van der Waals surface area contributed by atoms with Crippen LogP contribution in [0.2, 0.25) is 0 Å². The summed E-state index contributed by atoms with van der Waals surface area (Å²) in [6.45, 7) is 9.04. The second-order valence-electron chi connectivity index (χ2n) is 6.53. The smallest absolute Gasteiger partial charge is 0.0916 e. The first-order chi connectivity index (χ1) is 9.83. The van der Waals surface area contributed by atoms with Crippen LogP contribution < -0.4 is 4.90 Å². The zero-order valence-corrected chi connectivity index (χ0v) is 15.0. The summed E-state index contributed by atoms with van der Waals surface area (Å²) in [4.78, 5) is 1.88. The second kappa shape index (κ2) is 12.4. The maximum absolute atomic E-state index is 9.08. The fourth-order valence-corrected chi connectivity index (χ4v) is 2.96. The van der Waals surface area contributed by atoms with E-state index >= 15 is 0 Å². The van der Waals surface area contributed by atoms with Gasteiger partial charge in [0.05, 0.1) is 29.8 Å². The summed E-state index contributed by atoms with van der Waals surface area (Å²) in [6, 6.07) is 0. The molecule has 1 N–H and O–H groups in total. The Labute approximate surface area is 132 Å². The molecule has 0 aromatic carbocycles. The van der Waals surface area contributed by atoms with E-state index < -0.39 is 10.1 Å². The van der Waals surface area contributed by atoms with E-state index in [1.54, 1.807) is 0 Å². The maximum Gasteiger partial charge on any atom is 0.0916 e. The van der Waals surface area contributed by atoms with Gasteiger partial charge in [-0.3, -0.25) is 0 Å². The maximum atomic E-state index is 9.08. The van der Waals surface area contributed by atoms with Gasteiger partial charge in [-0.2, -0.15) is 0 Å². The molecule has 0 aromatic rings. The molecule has 21 heavy (non-hydrogen) atoms. The molecule has 1 rings (SSSR count). The minimum absolute atomic E-state index is 0.604. The van der Waals surface area contributed by atoms with Crippen LogP contribution in [0.3, 0.4) is 0 Å². The van der Waals surface area contributed by atoms with Gasteiger partial charge in [0.2, 0.25) is 0 Å². The van der Waals surface area contributed by atoms with Crippen molar-refractivity contribution in [1.29, 1.82) is 0 Å². The fourth-order valence-electron chi connectivity index (χ4n) is 2.96. The van der Waals surface area contributed by atoms with Gasteiger partial charge in [-0.1, -0.05) is 46.0 Å². The number of nitrogens with one attached hydrogen (secondary N) is 1. The van der Waals surface area contributed by atoms with Crippen LogP contribution in [0.4, 0.5) is 0 Å². The van der Waals surface area contributed by atoms with Crippen molar-refractivity contribution in [2.75, 3.05) is 25.9 Å². The lowest BCUT2D eigenvalue weighted by atomic mass is 10.00. The summed E-state index contributed by atoms with van der Waals surface area (Å²) in [5, 5.41) is 0. The lowest BCUT2D eigenvalue weighted by Crippen LogP contribution is -3.13. The normalized spacial score (nSPS) is 22.5. The molecule has 0 aliphatic carbocycles. The predicted octanol–water partition coefficient (Wildman–Crippen LogP) is 2.21. The van der Waals surface area contributed by atoms with Gasteiger partial charge in [0, 0.05) is 12.2 Å². The zero-order chi connectivity index (χ0) is 16.1. The summed E-state index contributed by atoms with van der Waals surface area (Å²) in [5.41, 5.74) is 0. The third-order valence-electron chi connectivity index (χ3n) is 4.00. The minimum atomic E-state index is -3.92. The Bertz CT molecular complexity index is 322. The van der Waals surface area contributed by atoms with Crippen LogP contribution in [-0.4, -0.2) is 38.9 Å². The molecule has 4 nitrogen and oxygen atoms in total. The van der Waals surface area contributed by atoms with Crippen LogP contribution in [0.15, 0.2) is 0 Å². The van der Waals surface area contributed by atoms with E-state index in [4.69, 9.17) is 13.0 Å². The molecule has 0 aromatic heterocycles. The molecule has 1 aliphatic heterocycles. The van der Waals surface area contributed by atoms with Crippen molar-refractivity contribution in [1.82, 2.24) is 0 Å². The molecule has 0 bridgehead atoms. The first-order valence-corrected chi connectivity index (χ1v) is 10.4. The molecular formula is C16H35NO3S. The Morgan fingerprint density at radius 2 is 1.62 bits per heavy atom. The van der Waals surface area contributed by atoms with Crippen LogP contribution in [-0.2, 0) is 10.1 Å². The van der Waals surface area contributed by atoms with Crippen molar-refractivity contribution in [2.24, 2.45) is 5.92 Å². The SMILES string of the molecule is CCCCCCCCC[NH+]1CCCC(C)C1.CS(=O)(=O)[O-]. The van der Waals surface area contributed by atoms with E-state index in [0.717, 1.165) is 5.92 Å². The Kier molecular flexibility index (Phi) is 12.3. The van der Waals surface area contributed by atoms with Gasteiger partial charge in [0.25, 0.3) is 0 Å². The van der Waals surface area contributed by atoms with Gasteiger partial charge in [-0.25, -0.2) is 8.42 Å². The molecule has 2 atom stereocenters. The Morgan fingerprint density at radius 1 is 1.10 bits per heavy atom. The Hall–Kier alpha value is -0.130. The van der Waals surface area contributed by atoms with Crippen LogP contribution >= 0.6 is 0 Å². The van der Waals surface area contributed by atoms with E-state index in [1.807, 2.05) is 4.90 Å². The van der Waals surface area contributed by atoms with Gasteiger partial charge in [-0.05, 0) is 25.7 Å². The highest BCUT2D eigenvalue weighted by atomic mass is 32.2. The van der Waals surface area contributed by atoms with E-state index in [9.17, 15) is 0 Å². The van der Waals surface area contributed by atoms with E-state index in [2.05, 4.69) is 13.8 Å². The standard InChI is InChI=1S/C15H31N.CH4O3S/c1-3-4-5-6-7-8-9-12-16-13-10-11-15(2)14-16;1-5(2,3)4/h15H,3-14H2,1-2H3;1H3,(H,2,3,4). The Balaban J connectivity index is 0.000000690. The summed E-state index contributed by atoms with van der Waals surface area (Å²) in [6.07, 6.45) is 13.7. The summed E-state index contributed by atoms with van der Waals surface area (Å²) in [5.74, 6) is 0.980. The van der Waals surface area contributed by atoms with Crippen LogP contribution in [0.5, 0.6) is 0 Å². The predicted molar refractivity (Wildman–Crippen MR) is 87.6 cm³/mol. The van der Waals surface area contributed by atoms with Gasteiger partial charge < -0.3 is 9.45 Å². The molecule has 0 amide bonds. The van der Waals surface area contributed by atoms with Crippen molar-refractivity contribution >= 4 is 10.1 Å². The molecule has 2 unspecified atom stereocenters. The molecule has 5 heteroatoms. The summed E-state index contributed by atoms with van der Waals surface area (Å²) in [7, 11) is -3.92. The average Bonchev–Trinajstić information content (AvgIpc) is 2.36. The third kappa shape index (κ3) is 17.8. The van der Waals surface area contributed by atoms with Crippen LogP contribution in [0.1, 0.15) is 71.6 Å². The van der Waals surface area contributed by atoms with Crippen molar-refractivity contribution < 1.29 is 17.9 Å². The average molecular weight is 322 g/mol. The van der Waals surface area contributed by atoms with Crippen molar-refractivity contribution in [3.05, 3.63) is 0 Å². The van der Waals surface area contributed by atoms with Gasteiger partial charge in [0.1, 0.15) is 0 Å². The minimum Gasteiger partial charge on any atom is -0.748 e. The number of likely N-dealkylation sites (tertiary alicyclic amines) is 1. The number of rotatable bonds is 8. The first-order valence-electron chi connectivity index (χ1n) is 8.57. The highest BCUT2D eigenvalue weighted by Gasteiger charge is 2.18. The van der Waals surface area contributed by atoms with Gasteiger partial charge >= 0.3 is 0 Å². The third-order valence-corrected chi connectivity index (χ3v) is 4.00. The number of piperidine rings is 1. The Morgan fingerprint density at radius 3 is 2.14 bits per heavy atom. The topological polar surface area (TPSA) is 61.6 Å². The molecule has 0 saturated carbocycles. The van der Waals surface area contributed by atoms with Gasteiger partial charge in [0.15, 0.2) is 0 Å². The molecule has 0 spiro atoms. The fraction of sp³-hybridized carbons (Fsp3) is 1.00. The summed E-state index contributed by atoms with van der Waals surface area (Å²) >= 11 is 0. The molecular weight excluding hydrogens is 286 g/mol. The highest BCUT2D eigenvalue weighted by Crippen LogP contribution is 2.07. The second-order valence-corrected chi connectivity index (χ2v) is 7.94. The van der Waals surface area contributed by atoms with E-state index in [-0.39, 0.29) is 0 Å². The summed E-state index contributed by atoms with van der Waals surface area (Å²) < 4.78 is 27.2. The van der Waals surface area contributed by atoms with Crippen molar-refractivity contribution in [2.45, 2.75) is 71.6 Å².